The van der Waals surface area contributed by atoms with Crippen LogP contribution in [0.15, 0.2) is 29.3 Å². The van der Waals surface area contributed by atoms with E-state index in [2.05, 4.69) is 49.6 Å². The second kappa shape index (κ2) is 8.88. The molecular weight excluding hydrogens is 336 g/mol. The standard InChI is InChI=1S/C19H31ClN4O/c1-5-23(6-2)18(21)22-13-17(15-7-9-16(20)10-8-15)24-11-12-25-19(3,4)14-24/h7-10,17H,5-6,11-14H2,1-4H3,(H2,21,22). The van der Waals surface area contributed by atoms with Gasteiger partial charge in [0.15, 0.2) is 5.96 Å². The fourth-order valence-electron chi connectivity index (χ4n) is 3.26. The summed E-state index contributed by atoms with van der Waals surface area (Å²) in [6.07, 6.45) is 0. The molecule has 1 atom stereocenters. The Morgan fingerprint density at radius 1 is 1.32 bits per heavy atom. The van der Waals surface area contributed by atoms with Crippen molar-refractivity contribution in [2.24, 2.45) is 10.7 Å². The molecule has 2 rings (SSSR count). The average Bonchev–Trinajstić information content (AvgIpc) is 2.57. The zero-order chi connectivity index (χ0) is 18.4. The number of nitrogens with two attached hydrogens (primary N) is 1. The minimum Gasteiger partial charge on any atom is -0.373 e. The molecule has 0 spiro atoms. The van der Waals surface area contributed by atoms with Crippen LogP contribution in [-0.2, 0) is 4.74 Å². The summed E-state index contributed by atoms with van der Waals surface area (Å²) in [5.41, 5.74) is 7.23. The summed E-state index contributed by atoms with van der Waals surface area (Å²) in [5, 5.41) is 0.746. The molecule has 5 nitrogen and oxygen atoms in total. The lowest BCUT2D eigenvalue weighted by Gasteiger charge is -2.42. The van der Waals surface area contributed by atoms with Gasteiger partial charge in [-0.3, -0.25) is 9.89 Å². The van der Waals surface area contributed by atoms with E-state index in [9.17, 15) is 0 Å². The van der Waals surface area contributed by atoms with Gasteiger partial charge in [0.2, 0.25) is 0 Å². The number of nitrogens with zero attached hydrogens (tertiary/aromatic N) is 3. The quantitative estimate of drug-likeness (QED) is 0.620. The Morgan fingerprint density at radius 3 is 2.52 bits per heavy atom. The van der Waals surface area contributed by atoms with Crippen molar-refractivity contribution in [1.29, 1.82) is 0 Å². The van der Waals surface area contributed by atoms with E-state index in [-0.39, 0.29) is 11.6 Å². The van der Waals surface area contributed by atoms with E-state index in [0.717, 1.165) is 37.8 Å². The Hall–Kier alpha value is -1.30. The van der Waals surface area contributed by atoms with Crippen molar-refractivity contribution in [2.75, 3.05) is 39.3 Å². The molecule has 0 amide bonds. The molecule has 1 heterocycles. The van der Waals surface area contributed by atoms with E-state index in [1.165, 1.54) is 5.56 Å². The van der Waals surface area contributed by atoms with Crippen molar-refractivity contribution >= 4 is 17.6 Å². The normalized spacial score (nSPS) is 19.6. The molecule has 0 radical (unpaired) electrons. The summed E-state index contributed by atoms with van der Waals surface area (Å²) >= 11 is 6.07. The van der Waals surface area contributed by atoms with E-state index in [4.69, 9.17) is 27.1 Å². The number of rotatable bonds is 6. The number of guanidine groups is 1. The maximum atomic E-state index is 6.18. The fourth-order valence-corrected chi connectivity index (χ4v) is 3.39. The number of aliphatic imine (C=N–C) groups is 1. The first-order valence-electron chi connectivity index (χ1n) is 9.04. The Kier molecular flexibility index (Phi) is 7.11. The molecule has 1 aromatic rings. The SMILES string of the molecule is CCN(CC)C(N)=NCC(c1ccc(Cl)cc1)N1CCOC(C)(C)C1. The predicted molar refractivity (Wildman–Crippen MR) is 105 cm³/mol. The van der Waals surface area contributed by atoms with Gasteiger partial charge >= 0.3 is 0 Å². The van der Waals surface area contributed by atoms with Gasteiger partial charge in [-0.25, -0.2) is 0 Å². The Morgan fingerprint density at radius 2 is 1.96 bits per heavy atom. The van der Waals surface area contributed by atoms with E-state index in [1.54, 1.807) is 0 Å². The van der Waals surface area contributed by atoms with E-state index >= 15 is 0 Å². The van der Waals surface area contributed by atoms with Crippen molar-refractivity contribution in [3.05, 3.63) is 34.9 Å². The molecule has 1 saturated heterocycles. The van der Waals surface area contributed by atoms with Gasteiger partial charge in [-0.15, -0.1) is 0 Å². The lowest BCUT2D eigenvalue weighted by atomic mass is 10.0. The number of halogens is 1. The third-order valence-electron chi connectivity index (χ3n) is 4.66. The van der Waals surface area contributed by atoms with Crippen molar-refractivity contribution in [3.63, 3.8) is 0 Å². The van der Waals surface area contributed by atoms with Gasteiger partial charge in [0.25, 0.3) is 0 Å². The first-order chi connectivity index (χ1) is 11.9. The highest BCUT2D eigenvalue weighted by molar-refractivity contribution is 6.30. The van der Waals surface area contributed by atoms with Crippen LogP contribution in [0.4, 0.5) is 0 Å². The second-order valence-electron chi connectivity index (χ2n) is 7.02. The van der Waals surface area contributed by atoms with Gasteiger partial charge in [0.05, 0.1) is 24.8 Å². The highest BCUT2D eigenvalue weighted by atomic mass is 35.5. The predicted octanol–water partition coefficient (Wildman–Crippen LogP) is 3.15. The van der Waals surface area contributed by atoms with Crippen LogP contribution in [0, 0.1) is 0 Å². The van der Waals surface area contributed by atoms with Crippen LogP contribution in [0.5, 0.6) is 0 Å². The Labute approximate surface area is 156 Å². The third kappa shape index (κ3) is 5.59. The van der Waals surface area contributed by atoms with Gasteiger partial charge in [0.1, 0.15) is 0 Å². The largest absolute Gasteiger partial charge is 0.373 e. The molecule has 6 heteroatoms. The molecule has 1 aromatic carbocycles. The summed E-state index contributed by atoms with van der Waals surface area (Å²) in [6, 6.07) is 8.20. The van der Waals surface area contributed by atoms with Crippen LogP contribution in [-0.4, -0.2) is 60.7 Å². The zero-order valence-electron chi connectivity index (χ0n) is 15.8. The summed E-state index contributed by atoms with van der Waals surface area (Å²) < 4.78 is 5.87. The minimum absolute atomic E-state index is 0.156. The molecule has 1 aliphatic rings. The molecule has 25 heavy (non-hydrogen) atoms. The van der Waals surface area contributed by atoms with Crippen molar-refractivity contribution in [3.8, 4) is 0 Å². The van der Waals surface area contributed by atoms with E-state index in [1.807, 2.05) is 12.1 Å². The van der Waals surface area contributed by atoms with Gasteiger partial charge in [-0.05, 0) is 45.4 Å². The molecule has 0 aliphatic carbocycles. The average molecular weight is 367 g/mol. The highest BCUT2D eigenvalue weighted by Gasteiger charge is 2.32. The van der Waals surface area contributed by atoms with Crippen molar-refractivity contribution in [1.82, 2.24) is 9.80 Å². The first-order valence-corrected chi connectivity index (χ1v) is 9.42. The number of morpholine rings is 1. The number of hydrogen-bond acceptors (Lipinski definition) is 3. The second-order valence-corrected chi connectivity index (χ2v) is 7.45. The van der Waals surface area contributed by atoms with Crippen molar-refractivity contribution in [2.45, 2.75) is 39.3 Å². The van der Waals surface area contributed by atoms with Gasteiger partial charge in [-0.1, -0.05) is 23.7 Å². The van der Waals surface area contributed by atoms with Gasteiger partial charge in [0, 0.05) is 31.2 Å². The van der Waals surface area contributed by atoms with Crippen LogP contribution in [0.3, 0.4) is 0 Å². The number of ether oxygens (including phenoxy) is 1. The molecule has 140 valence electrons. The molecule has 1 aliphatic heterocycles. The molecule has 0 saturated carbocycles. The molecule has 0 aromatic heterocycles. The summed E-state index contributed by atoms with van der Waals surface area (Å²) in [5.74, 6) is 0.608. The molecular formula is C19H31ClN4O. The lowest BCUT2D eigenvalue weighted by Crippen LogP contribution is -2.50. The van der Waals surface area contributed by atoms with Crippen LogP contribution >= 0.6 is 11.6 Å². The maximum Gasteiger partial charge on any atom is 0.191 e. The van der Waals surface area contributed by atoms with E-state index in [0.29, 0.717) is 12.5 Å². The zero-order valence-corrected chi connectivity index (χ0v) is 16.6. The van der Waals surface area contributed by atoms with Gasteiger partial charge < -0.3 is 15.4 Å². The number of hydrogen-bond donors (Lipinski definition) is 1. The monoisotopic (exact) mass is 366 g/mol. The fraction of sp³-hybridized carbons (Fsp3) is 0.632. The summed E-state index contributed by atoms with van der Waals surface area (Å²) in [7, 11) is 0. The molecule has 0 bridgehead atoms. The smallest absolute Gasteiger partial charge is 0.191 e. The van der Waals surface area contributed by atoms with Gasteiger partial charge in [-0.2, -0.15) is 0 Å². The topological polar surface area (TPSA) is 54.1 Å². The summed E-state index contributed by atoms with van der Waals surface area (Å²) in [4.78, 5) is 9.20. The number of benzene rings is 1. The van der Waals surface area contributed by atoms with Crippen LogP contribution in [0.25, 0.3) is 0 Å². The minimum atomic E-state index is -0.156. The van der Waals surface area contributed by atoms with Crippen LogP contribution in [0.1, 0.15) is 39.3 Å². The van der Waals surface area contributed by atoms with Crippen LogP contribution in [0.2, 0.25) is 5.02 Å². The lowest BCUT2D eigenvalue weighted by molar-refractivity contribution is -0.0967. The first kappa shape index (κ1) is 20.0. The Balaban J connectivity index is 2.23. The van der Waals surface area contributed by atoms with Crippen molar-refractivity contribution < 1.29 is 4.74 Å². The molecule has 1 fully saturated rings. The maximum absolute atomic E-state index is 6.18. The Bertz CT molecular complexity index is 569. The summed E-state index contributed by atoms with van der Waals surface area (Å²) in [6.45, 7) is 13.3. The van der Waals surface area contributed by atoms with E-state index < -0.39 is 0 Å². The third-order valence-corrected chi connectivity index (χ3v) is 4.92. The molecule has 1 unspecified atom stereocenters. The highest BCUT2D eigenvalue weighted by Crippen LogP contribution is 2.28. The molecule has 2 N–H and O–H groups in total. The van der Waals surface area contributed by atoms with Crippen LogP contribution < -0.4 is 5.73 Å².